The summed E-state index contributed by atoms with van der Waals surface area (Å²) in [6.45, 7) is 16.6. The third-order valence-electron chi connectivity index (χ3n) is 11.3. The molecule has 0 radical (unpaired) electrons. The zero-order valence-electron chi connectivity index (χ0n) is 22.7. The molecule has 0 heterocycles. The van der Waals surface area contributed by atoms with E-state index in [1.165, 1.54) is 6.92 Å². The first kappa shape index (κ1) is 26.9. The molecular formula is C30H48O5. The van der Waals surface area contributed by atoms with E-state index in [9.17, 15) is 20.1 Å². The van der Waals surface area contributed by atoms with E-state index in [1.807, 2.05) is 0 Å². The molecule has 4 rings (SSSR count). The minimum atomic E-state index is -1.36. The highest BCUT2D eigenvalue weighted by atomic mass is 16.5. The molecule has 198 valence electrons. The van der Waals surface area contributed by atoms with E-state index >= 15 is 0 Å². The Morgan fingerprint density at radius 2 is 1.77 bits per heavy atom. The summed E-state index contributed by atoms with van der Waals surface area (Å²) in [5.41, 5.74) is -0.799. The monoisotopic (exact) mass is 488 g/mol. The number of aliphatic hydroxyl groups excluding tert-OH is 2. The van der Waals surface area contributed by atoms with E-state index < -0.39 is 23.2 Å². The number of carbonyl (C=O) groups is 1. The highest BCUT2D eigenvalue weighted by Gasteiger charge is 2.70. The van der Waals surface area contributed by atoms with Crippen LogP contribution in [0, 0.1) is 46.3 Å². The van der Waals surface area contributed by atoms with E-state index in [4.69, 9.17) is 4.74 Å². The Bertz CT molecular complexity index is 867. The highest BCUT2D eigenvalue weighted by molar-refractivity contribution is 5.66. The summed E-state index contributed by atoms with van der Waals surface area (Å²) in [6, 6.07) is 0. The number of hydrogen-bond donors (Lipinski definition) is 3. The lowest BCUT2D eigenvalue weighted by molar-refractivity contribution is -0.284. The molecule has 0 aromatic heterocycles. The largest absolute Gasteiger partial charge is 0.462 e. The van der Waals surface area contributed by atoms with Crippen molar-refractivity contribution >= 4 is 5.97 Å². The summed E-state index contributed by atoms with van der Waals surface area (Å²) in [5.74, 6) is 1.53. The van der Waals surface area contributed by atoms with Gasteiger partial charge in [-0.05, 0) is 80.5 Å². The molecule has 0 spiro atoms. The highest BCUT2D eigenvalue weighted by Crippen LogP contribution is 2.69. The van der Waals surface area contributed by atoms with Gasteiger partial charge in [-0.15, -0.1) is 0 Å². The molecule has 5 nitrogen and oxygen atoms in total. The molecule has 0 amide bonds. The Morgan fingerprint density at radius 1 is 1.09 bits per heavy atom. The van der Waals surface area contributed by atoms with E-state index in [2.05, 4.69) is 53.3 Å². The lowest BCUT2D eigenvalue weighted by Gasteiger charge is -2.66. The van der Waals surface area contributed by atoms with Crippen LogP contribution in [0.4, 0.5) is 0 Å². The molecule has 35 heavy (non-hydrogen) atoms. The van der Waals surface area contributed by atoms with Gasteiger partial charge in [-0.1, -0.05) is 52.0 Å². The van der Waals surface area contributed by atoms with E-state index in [-0.39, 0.29) is 35.7 Å². The van der Waals surface area contributed by atoms with Gasteiger partial charge >= 0.3 is 5.97 Å². The topological polar surface area (TPSA) is 87.0 Å². The molecule has 5 heteroatoms. The van der Waals surface area contributed by atoms with Crippen LogP contribution in [0.25, 0.3) is 0 Å². The average Bonchev–Trinajstić information content (AvgIpc) is 3.10. The second-order valence-electron chi connectivity index (χ2n) is 13.2. The van der Waals surface area contributed by atoms with Crippen molar-refractivity contribution in [1.29, 1.82) is 0 Å². The predicted octanol–water partition coefficient (Wildman–Crippen LogP) is 5.04. The minimum Gasteiger partial charge on any atom is -0.462 e. The van der Waals surface area contributed by atoms with Crippen molar-refractivity contribution in [3.05, 3.63) is 24.3 Å². The van der Waals surface area contributed by atoms with Gasteiger partial charge < -0.3 is 20.1 Å². The Kier molecular flexibility index (Phi) is 7.14. The van der Waals surface area contributed by atoms with E-state index in [1.54, 1.807) is 0 Å². The molecule has 12 atom stereocenters. The molecule has 4 aliphatic carbocycles. The molecule has 0 bridgehead atoms. The normalized spacial score (nSPS) is 49.0. The third kappa shape index (κ3) is 4.24. The summed E-state index contributed by atoms with van der Waals surface area (Å²) < 4.78 is 6.09. The Labute approximate surface area is 212 Å². The molecular weight excluding hydrogens is 440 g/mol. The standard InChI is InChI=1S/C30H48O5/c1-17(2)18(3)8-9-19(4)23-10-11-24-22-14-26(33)30(34)15-21(32)12-13-29(30,7)27(22)25(35-20(5)31)16-28(23,24)6/h8-9,18-19,21-27,32-34H,1,10-16H2,2-7H3/b9-8+/t18-,19+,21?,22-,23+,24-,25?,26?,27+,28+,29+,30?/m0/s1. The van der Waals surface area contributed by atoms with Crippen LogP contribution in [0.2, 0.25) is 0 Å². The van der Waals surface area contributed by atoms with Crippen LogP contribution >= 0.6 is 0 Å². The van der Waals surface area contributed by atoms with Crippen LogP contribution in [0.1, 0.15) is 86.5 Å². The number of rotatable bonds is 5. The number of hydrogen-bond acceptors (Lipinski definition) is 5. The number of ether oxygens (including phenoxy) is 1. The van der Waals surface area contributed by atoms with Crippen molar-refractivity contribution < 1.29 is 24.9 Å². The summed E-state index contributed by atoms with van der Waals surface area (Å²) in [4.78, 5) is 12.3. The fourth-order valence-corrected chi connectivity index (χ4v) is 9.21. The second-order valence-corrected chi connectivity index (χ2v) is 13.2. The molecule has 4 fully saturated rings. The Morgan fingerprint density at radius 3 is 2.40 bits per heavy atom. The van der Waals surface area contributed by atoms with Gasteiger partial charge in [-0.25, -0.2) is 0 Å². The summed E-state index contributed by atoms with van der Waals surface area (Å²) in [6.07, 6.45) is 7.81. The first-order chi connectivity index (χ1) is 16.2. The molecule has 4 aliphatic rings. The van der Waals surface area contributed by atoms with Gasteiger partial charge in [0.05, 0.1) is 17.8 Å². The lowest BCUT2D eigenvalue weighted by atomic mass is 9.41. The van der Waals surface area contributed by atoms with Gasteiger partial charge in [0.2, 0.25) is 0 Å². The number of esters is 1. The van der Waals surface area contributed by atoms with Crippen LogP contribution in [0.15, 0.2) is 24.3 Å². The smallest absolute Gasteiger partial charge is 0.302 e. The molecule has 4 unspecified atom stereocenters. The molecule has 3 N–H and O–H groups in total. The summed E-state index contributed by atoms with van der Waals surface area (Å²) >= 11 is 0. The number of carbonyl (C=O) groups excluding carboxylic acids is 1. The van der Waals surface area contributed by atoms with Crippen molar-refractivity contribution in [3.63, 3.8) is 0 Å². The average molecular weight is 489 g/mol. The maximum Gasteiger partial charge on any atom is 0.302 e. The van der Waals surface area contributed by atoms with Crippen LogP contribution in [-0.4, -0.2) is 45.2 Å². The van der Waals surface area contributed by atoms with E-state index in [0.717, 1.165) is 24.8 Å². The van der Waals surface area contributed by atoms with Crippen LogP contribution < -0.4 is 0 Å². The molecule has 0 aromatic carbocycles. The van der Waals surface area contributed by atoms with Gasteiger partial charge in [-0.3, -0.25) is 4.79 Å². The van der Waals surface area contributed by atoms with Gasteiger partial charge in [0.15, 0.2) is 0 Å². The third-order valence-corrected chi connectivity index (χ3v) is 11.3. The fraction of sp³-hybridized carbons (Fsp3) is 0.833. The quantitative estimate of drug-likeness (QED) is 0.373. The van der Waals surface area contributed by atoms with E-state index in [0.29, 0.717) is 42.9 Å². The van der Waals surface area contributed by atoms with Crippen molar-refractivity contribution in [3.8, 4) is 0 Å². The fourth-order valence-electron chi connectivity index (χ4n) is 9.21. The van der Waals surface area contributed by atoms with Gasteiger partial charge in [-0.2, -0.15) is 0 Å². The molecule has 0 aromatic rings. The predicted molar refractivity (Wildman–Crippen MR) is 137 cm³/mol. The second kappa shape index (κ2) is 9.29. The number of allylic oxidation sites excluding steroid dienone is 3. The maximum atomic E-state index is 12.3. The zero-order chi connectivity index (χ0) is 25.9. The van der Waals surface area contributed by atoms with Crippen molar-refractivity contribution in [2.45, 2.75) is 110 Å². The van der Waals surface area contributed by atoms with Gasteiger partial charge in [0.1, 0.15) is 6.10 Å². The van der Waals surface area contributed by atoms with Crippen LogP contribution in [0.5, 0.6) is 0 Å². The van der Waals surface area contributed by atoms with Crippen molar-refractivity contribution in [2.75, 3.05) is 0 Å². The van der Waals surface area contributed by atoms with Crippen molar-refractivity contribution in [1.82, 2.24) is 0 Å². The Balaban J connectivity index is 1.70. The Hall–Kier alpha value is -1.17. The molecule has 0 aliphatic heterocycles. The number of fused-ring (bicyclic) bond motifs is 5. The minimum absolute atomic E-state index is 0.00276. The zero-order valence-corrected chi connectivity index (χ0v) is 22.7. The van der Waals surface area contributed by atoms with Gasteiger partial charge in [0, 0.05) is 24.7 Å². The van der Waals surface area contributed by atoms with Crippen LogP contribution in [0.3, 0.4) is 0 Å². The molecule has 0 saturated heterocycles. The SMILES string of the molecule is C=C(C)[C@@H](C)/C=C/[C@@H](C)[C@H]1CC[C@H]2[C@@H]3CC(O)C4(O)CC(O)CC[C@]4(C)[C@H]3C(OC(C)=O)C[C@]12C. The lowest BCUT2D eigenvalue weighted by Crippen LogP contribution is -2.71. The van der Waals surface area contributed by atoms with Crippen molar-refractivity contribution in [2.24, 2.45) is 46.3 Å². The first-order valence-corrected chi connectivity index (χ1v) is 13.8. The number of aliphatic hydroxyl groups is 3. The summed E-state index contributed by atoms with van der Waals surface area (Å²) in [5, 5.41) is 33.6. The van der Waals surface area contributed by atoms with Crippen LogP contribution in [-0.2, 0) is 9.53 Å². The maximum absolute atomic E-state index is 12.3. The molecule has 4 saturated carbocycles. The van der Waals surface area contributed by atoms with Gasteiger partial charge in [0.25, 0.3) is 0 Å². The first-order valence-electron chi connectivity index (χ1n) is 13.8. The summed E-state index contributed by atoms with van der Waals surface area (Å²) in [7, 11) is 0.